The molecular weight excluding hydrogens is 261 g/mol. The first-order valence-electron chi connectivity index (χ1n) is 5.46. The fraction of sp³-hybridized carbons (Fsp3) is 0.417. The van der Waals surface area contributed by atoms with Crippen LogP contribution >= 0.6 is 23.2 Å². The second-order valence-corrected chi connectivity index (χ2v) is 4.58. The van der Waals surface area contributed by atoms with E-state index in [1.165, 1.54) is 0 Å². The van der Waals surface area contributed by atoms with Gasteiger partial charge >= 0.3 is 5.97 Å². The number of rotatable bonds is 7. The SMILES string of the molecule is O=C(O)CCCNCCc1ccc(Cl)cc1Cl. The Morgan fingerprint density at radius 1 is 1.29 bits per heavy atom. The summed E-state index contributed by atoms with van der Waals surface area (Å²) in [6.07, 6.45) is 1.65. The van der Waals surface area contributed by atoms with E-state index in [0.717, 1.165) is 18.5 Å². The summed E-state index contributed by atoms with van der Waals surface area (Å²) >= 11 is 11.8. The van der Waals surface area contributed by atoms with Crippen LogP contribution < -0.4 is 5.32 Å². The predicted octanol–water partition coefficient (Wildman–Crippen LogP) is 2.99. The van der Waals surface area contributed by atoms with Gasteiger partial charge in [-0.3, -0.25) is 4.79 Å². The molecule has 0 spiro atoms. The summed E-state index contributed by atoms with van der Waals surface area (Å²) in [5.74, 6) is -0.757. The van der Waals surface area contributed by atoms with Crippen molar-refractivity contribution in [1.29, 1.82) is 0 Å². The van der Waals surface area contributed by atoms with Crippen molar-refractivity contribution < 1.29 is 9.90 Å². The zero-order chi connectivity index (χ0) is 12.7. The van der Waals surface area contributed by atoms with Crippen molar-refractivity contribution in [2.75, 3.05) is 13.1 Å². The molecule has 0 bridgehead atoms. The van der Waals surface area contributed by atoms with Crippen molar-refractivity contribution in [2.45, 2.75) is 19.3 Å². The number of carboxylic acid groups (broad SMARTS) is 1. The summed E-state index contributed by atoms with van der Waals surface area (Å²) in [7, 11) is 0. The molecule has 0 heterocycles. The summed E-state index contributed by atoms with van der Waals surface area (Å²) in [6, 6.07) is 5.44. The van der Waals surface area contributed by atoms with Crippen LogP contribution in [0.5, 0.6) is 0 Å². The molecule has 0 saturated carbocycles. The minimum absolute atomic E-state index is 0.203. The molecule has 0 aromatic heterocycles. The largest absolute Gasteiger partial charge is 0.481 e. The van der Waals surface area contributed by atoms with Gasteiger partial charge < -0.3 is 10.4 Å². The van der Waals surface area contributed by atoms with Crippen LogP contribution in [-0.2, 0) is 11.2 Å². The summed E-state index contributed by atoms with van der Waals surface area (Å²) < 4.78 is 0. The van der Waals surface area contributed by atoms with Gasteiger partial charge in [-0.2, -0.15) is 0 Å². The van der Waals surface area contributed by atoms with Crippen LogP contribution in [0.2, 0.25) is 10.0 Å². The number of carboxylic acids is 1. The molecule has 0 amide bonds. The highest BCUT2D eigenvalue weighted by Crippen LogP contribution is 2.20. The molecule has 0 fully saturated rings. The van der Waals surface area contributed by atoms with Gasteiger partial charge in [-0.05, 0) is 43.6 Å². The van der Waals surface area contributed by atoms with Crippen molar-refractivity contribution in [1.82, 2.24) is 5.32 Å². The van der Waals surface area contributed by atoms with Crippen LogP contribution in [0, 0.1) is 0 Å². The summed E-state index contributed by atoms with van der Waals surface area (Å²) in [6.45, 7) is 1.48. The van der Waals surface area contributed by atoms with Crippen LogP contribution in [0.3, 0.4) is 0 Å². The normalized spacial score (nSPS) is 10.5. The van der Waals surface area contributed by atoms with E-state index in [9.17, 15) is 4.79 Å². The smallest absolute Gasteiger partial charge is 0.303 e. The zero-order valence-electron chi connectivity index (χ0n) is 9.38. The first-order valence-corrected chi connectivity index (χ1v) is 6.21. The highest BCUT2D eigenvalue weighted by atomic mass is 35.5. The number of hydrogen-bond donors (Lipinski definition) is 2. The lowest BCUT2D eigenvalue weighted by atomic mass is 10.1. The standard InChI is InChI=1S/C12H15Cl2NO2/c13-10-4-3-9(11(14)8-10)5-7-15-6-1-2-12(16)17/h3-4,8,15H,1-2,5-7H2,(H,16,17). The molecular formula is C12H15Cl2NO2. The average Bonchev–Trinajstić information content (AvgIpc) is 2.25. The molecule has 0 aliphatic heterocycles. The van der Waals surface area contributed by atoms with Gasteiger partial charge in [0.2, 0.25) is 0 Å². The monoisotopic (exact) mass is 275 g/mol. The third-order valence-electron chi connectivity index (χ3n) is 2.33. The van der Waals surface area contributed by atoms with Crippen molar-refractivity contribution in [3.8, 4) is 0 Å². The van der Waals surface area contributed by atoms with Crippen LogP contribution in [-0.4, -0.2) is 24.2 Å². The first kappa shape index (κ1) is 14.3. The van der Waals surface area contributed by atoms with Gasteiger partial charge in [0.05, 0.1) is 0 Å². The van der Waals surface area contributed by atoms with Gasteiger partial charge in [0.25, 0.3) is 0 Å². The van der Waals surface area contributed by atoms with E-state index in [-0.39, 0.29) is 6.42 Å². The number of carbonyl (C=O) groups is 1. The number of benzene rings is 1. The number of halogens is 2. The minimum atomic E-state index is -0.757. The molecule has 0 aliphatic rings. The van der Waals surface area contributed by atoms with Gasteiger partial charge in [0, 0.05) is 16.5 Å². The lowest BCUT2D eigenvalue weighted by Crippen LogP contribution is -2.19. The van der Waals surface area contributed by atoms with Crippen LogP contribution in [0.25, 0.3) is 0 Å². The van der Waals surface area contributed by atoms with E-state index in [2.05, 4.69) is 5.32 Å². The molecule has 2 N–H and O–H groups in total. The predicted molar refractivity (Wildman–Crippen MR) is 69.9 cm³/mol. The molecule has 94 valence electrons. The van der Waals surface area contributed by atoms with Crippen LogP contribution in [0.1, 0.15) is 18.4 Å². The lowest BCUT2D eigenvalue weighted by molar-refractivity contribution is -0.137. The van der Waals surface area contributed by atoms with Gasteiger partial charge in [0.15, 0.2) is 0 Å². The Morgan fingerprint density at radius 3 is 2.71 bits per heavy atom. The molecule has 3 nitrogen and oxygen atoms in total. The van der Waals surface area contributed by atoms with E-state index in [1.807, 2.05) is 12.1 Å². The number of nitrogens with one attached hydrogen (secondary N) is 1. The van der Waals surface area contributed by atoms with Gasteiger partial charge in [-0.15, -0.1) is 0 Å². The van der Waals surface area contributed by atoms with Crippen LogP contribution in [0.15, 0.2) is 18.2 Å². The highest BCUT2D eigenvalue weighted by molar-refractivity contribution is 6.35. The fourth-order valence-corrected chi connectivity index (χ4v) is 1.94. The number of hydrogen-bond acceptors (Lipinski definition) is 2. The average molecular weight is 276 g/mol. The number of aliphatic carboxylic acids is 1. The maximum Gasteiger partial charge on any atom is 0.303 e. The van der Waals surface area contributed by atoms with Crippen molar-refractivity contribution in [2.24, 2.45) is 0 Å². The molecule has 0 aliphatic carbocycles. The summed E-state index contributed by atoms with van der Waals surface area (Å²) in [5.41, 5.74) is 1.04. The van der Waals surface area contributed by atoms with Gasteiger partial charge in [-0.25, -0.2) is 0 Å². The van der Waals surface area contributed by atoms with Gasteiger partial charge in [0.1, 0.15) is 0 Å². The third kappa shape index (κ3) is 5.91. The first-order chi connectivity index (χ1) is 8.09. The van der Waals surface area contributed by atoms with E-state index in [0.29, 0.717) is 23.0 Å². The molecule has 0 radical (unpaired) electrons. The third-order valence-corrected chi connectivity index (χ3v) is 2.92. The van der Waals surface area contributed by atoms with E-state index in [1.54, 1.807) is 6.07 Å². The molecule has 0 saturated heterocycles. The quantitative estimate of drug-likeness (QED) is 0.753. The Morgan fingerprint density at radius 2 is 2.06 bits per heavy atom. The Bertz CT molecular complexity index is 383. The maximum absolute atomic E-state index is 10.3. The summed E-state index contributed by atoms with van der Waals surface area (Å²) in [4.78, 5) is 10.3. The maximum atomic E-state index is 10.3. The lowest BCUT2D eigenvalue weighted by Gasteiger charge is -2.06. The van der Waals surface area contributed by atoms with E-state index in [4.69, 9.17) is 28.3 Å². The minimum Gasteiger partial charge on any atom is -0.481 e. The second-order valence-electron chi connectivity index (χ2n) is 3.73. The van der Waals surface area contributed by atoms with Crippen molar-refractivity contribution in [3.05, 3.63) is 33.8 Å². The topological polar surface area (TPSA) is 49.3 Å². The van der Waals surface area contributed by atoms with E-state index >= 15 is 0 Å². The Hall–Kier alpha value is -0.770. The molecule has 1 rings (SSSR count). The van der Waals surface area contributed by atoms with Crippen molar-refractivity contribution in [3.63, 3.8) is 0 Å². The van der Waals surface area contributed by atoms with Gasteiger partial charge in [-0.1, -0.05) is 29.3 Å². The fourth-order valence-electron chi connectivity index (χ4n) is 1.44. The molecule has 1 aromatic carbocycles. The zero-order valence-corrected chi connectivity index (χ0v) is 10.9. The molecule has 17 heavy (non-hydrogen) atoms. The van der Waals surface area contributed by atoms with E-state index < -0.39 is 5.97 Å². The molecule has 0 unspecified atom stereocenters. The van der Waals surface area contributed by atoms with Crippen LogP contribution in [0.4, 0.5) is 0 Å². The second kappa shape index (κ2) is 7.54. The Kier molecular flexibility index (Phi) is 6.34. The molecule has 0 atom stereocenters. The molecule has 5 heteroatoms. The Labute approximate surface area is 111 Å². The Balaban J connectivity index is 2.20. The highest BCUT2D eigenvalue weighted by Gasteiger charge is 2.01. The molecule has 1 aromatic rings. The summed E-state index contributed by atoms with van der Waals surface area (Å²) in [5, 5.41) is 12.9. The van der Waals surface area contributed by atoms with Crippen molar-refractivity contribution >= 4 is 29.2 Å².